The van der Waals surface area contributed by atoms with Gasteiger partial charge in [-0.25, -0.2) is 15.0 Å². The topological polar surface area (TPSA) is 56.7 Å². The monoisotopic (exact) mass is 722 g/mol. The fraction of sp³-hybridized carbons (Fsp3) is 0. The van der Waals surface area contributed by atoms with Crippen LogP contribution < -0.4 is 0 Å². The molecule has 0 fully saturated rings. The molecular formula is C51H32N4O. The number of hydrogen-bond acceptors (Lipinski definition) is 4. The Bertz CT molecular complexity index is 3550. The molecule has 56 heavy (non-hydrogen) atoms. The summed E-state index contributed by atoms with van der Waals surface area (Å²) in [6, 6.07) is 49.6. The number of aromatic nitrogens is 4. The van der Waals surface area contributed by atoms with Crippen molar-refractivity contribution in [3.63, 3.8) is 0 Å². The summed E-state index contributed by atoms with van der Waals surface area (Å²) in [5.41, 5.74) is 7.50. The van der Waals surface area contributed by atoms with Gasteiger partial charge in [0.15, 0.2) is 17.5 Å². The number of furan rings is 1. The summed E-state index contributed by atoms with van der Waals surface area (Å²) in [5.74, 6) is 1.30. The molecule has 0 aliphatic heterocycles. The van der Waals surface area contributed by atoms with Crippen LogP contribution in [-0.2, 0) is 0 Å². The molecule has 5 nitrogen and oxygen atoms in total. The van der Waals surface area contributed by atoms with Gasteiger partial charge in [-0.3, -0.25) is 0 Å². The lowest BCUT2D eigenvalue weighted by atomic mass is 9.97. The van der Waals surface area contributed by atoms with Gasteiger partial charge in [0.05, 0.1) is 24.9 Å². The first kappa shape index (κ1) is 26.2. The molecule has 0 bridgehead atoms. The highest BCUT2D eigenvalue weighted by molar-refractivity contribution is 6.12. The second-order valence-corrected chi connectivity index (χ2v) is 13.5. The van der Waals surface area contributed by atoms with Gasteiger partial charge in [-0.15, -0.1) is 0 Å². The Hall–Kier alpha value is -7.63. The summed E-state index contributed by atoms with van der Waals surface area (Å²) in [4.78, 5) is 15.2. The molecule has 0 saturated heterocycles. The Labute approximate surface area is 331 Å². The molecule has 0 radical (unpaired) electrons. The Morgan fingerprint density at radius 2 is 1.00 bits per heavy atom. The van der Waals surface area contributed by atoms with Gasteiger partial charge in [-0.1, -0.05) is 152 Å². The molecule has 0 atom stereocenters. The van der Waals surface area contributed by atoms with Crippen molar-refractivity contribution in [2.45, 2.75) is 0 Å². The molecule has 11 aromatic rings. The summed E-state index contributed by atoms with van der Waals surface area (Å²) in [5, 5.41) is 2.25. The predicted octanol–water partition coefficient (Wildman–Crippen LogP) is 13.2. The van der Waals surface area contributed by atoms with Gasteiger partial charge in [0, 0.05) is 49.4 Å². The highest BCUT2D eigenvalue weighted by Gasteiger charge is 2.21. The maximum atomic E-state index is 9.54. The van der Waals surface area contributed by atoms with Gasteiger partial charge >= 0.3 is 0 Å². The van der Waals surface area contributed by atoms with E-state index in [0.717, 1.165) is 44.1 Å². The maximum Gasteiger partial charge on any atom is 0.164 e. The average Bonchev–Trinajstić information content (AvgIpc) is 3.88. The summed E-state index contributed by atoms with van der Waals surface area (Å²) < 4.78 is 62.4. The minimum Gasteiger partial charge on any atom is -0.455 e. The van der Waals surface area contributed by atoms with E-state index in [1.54, 1.807) is 0 Å². The van der Waals surface area contributed by atoms with E-state index in [1.165, 1.54) is 6.07 Å². The number of para-hydroxylation sites is 4. The fourth-order valence-electron chi connectivity index (χ4n) is 7.63. The molecule has 8 aromatic carbocycles. The van der Waals surface area contributed by atoms with E-state index in [4.69, 9.17) is 26.2 Å². The Kier molecular flexibility index (Phi) is 6.10. The molecule has 11 rings (SSSR count). The first-order valence-electron chi connectivity index (χ1n) is 21.3. The van der Waals surface area contributed by atoms with Crippen LogP contribution in [0.1, 0.15) is 8.22 Å². The highest BCUT2D eigenvalue weighted by atomic mass is 16.3. The normalized spacial score (nSPS) is 13.1. The Balaban J connectivity index is 1.23. The minimum atomic E-state index is -0.373. The van der Waals surface area contributed by atoms with Crippen molar-refractivity contribution >= 4 is 43.7 Å². The van der Waals surface area contributed by atoms with Gasteiger partial charge in [0.2, 0.25) is 0 Å². The van der Waals surface area contributed by atoms with E-state index in [0.29, 0.717) is 34.3 Å². The molecule has 0 spiro atoms. The van der Waals surface area contributed by atoms with Gasteiger partial charge in [0.25, 0.3) is 0 Å². The first-order valence-corrected chi connectivity index (χ1v) is 18.3. The van der Waals surface area contributed by atoms with E-state index in [2.05, 4.69) is 41.0 Å². The standard InChI is InChI=1S/C51H32N4O/c1-3-15-33(16-4-1)35-19-13-20-36(31-35)50-52-49(34-17-5-2-6-18-34)53-51(54-50)37-29-30-46(55-44-26-10-7-21-38(44)39-22-8-11-27-45(39)55)43(32-37)42-25-14-24-41-40-23-9-12-28-47(40)56-48(41)42/h1-32H/i9D,14D,23D,24D,25D,28D. The third kappa shape index (κ3) is 5.29. The third-order valence-electron chi connectivity index (χ3n) is 10.2. The summed E-state index contributed by atoms with van der Waals surface area (Å²) >= 11 is 0. The number of benzene rings is 8. The molecule has 0 saturated carbocycles. The van der Waals surface area contributed by atoms with Crippen LogP contribution in [0.2, 0.25) is 0 Å². The Morgan fingerprint density at radius 3 is 1.73 bits per heavy atom. The molecule has 0 unspecified atom stereocenters. The Morgan fingerprint density at radius 1 is 0.411 bits per heavy atom. The van der Waals surface area contributed by atoms with Crippen LogP contribution in [0.4, 0.5) is 0 Å². The van der Waals surface area contributed by atoms with Gasteiger partial charge in [-0.2, -0.15) is 0 Å². The van der Waals surface area contributed by atoms with Crippen molar-refractivity contribution in [1.82, 2.24) is 19.5 Å². The van der Waals surface area contributed by atoms with Crippen molar-refractivity contribution in [2.24, 2.45) is 0 Å². The average molecular weight is 723 g/mol. The second kappa shape index (κ2) is 13.0. The zero-order valence-corrected chi connectivity index (χ0v) is 29.7. The fourth-order valence-corrected chi connectivity index (χ4v) is 7.63. The van der Waals surface area contributed by atoms with Gasteiger partial charge in [-0.05, 0) is 53.6 Å². The van der Waals surface area contributed by atoms with Crippen molar-refractivity contribution in [3.8, 4) is 62.1 Å². The van der Waals surface area contributed by atoms with Crippen molar-refractivity contribution in [1.29, 1.82) is 0 Å². The largest absolute Gasteiger partial charge is 0.455 e. The van der Waals surface area contributed by atoms with Crippen molar-refractivity contribution in [2.75, 3.05) is 0 Å². The smallest absolute Gasteiger partial charge is 0.164 e. The number of hydrogen-bond donors (Lipinski definition) is 0. The highest BCUT2D eigenvalue weighted by Crippen LogP contribution is 2.42. The molecule has 3 heterocycles. The first-order chi connectivity index (χ1) is 30.2. The van der Waals surface area contributed by atoms with E-state index >= 15 is 0 Å². The number of nitrogens with zero attached hydrogens (tertiary/aromatic N) is 4. The molecule has 0 aliphatic carbocycles. The SMILES string of the molecule is [2H]c1cc([2H])c2oc3c(-c4cc(-c5nc(-c6ccccc6)nc(-c6cccc(-c7ccccc7)c6)n5)ccc4-n4c5ccccc5c5ccccc54)c([2H])c([2H])c([2H])c3c2c1[2H]. The predicted molar refractivity (Wildman–Crippen MR) is 229 cm³/mol. The van der Waals surface area contributed by atoms with E-state index in [1.807, 2.05) is 115 Å². The van der Waals surface area contributed by atoms with Gasteiger partial charge in [0.1, 0.15) is 11.2 Å². The summed E-state index contributed by atoms with van der Waals surface area (Å²) in [7, 11) is 0. The molecule has 0 aliphatic rings. The van der Waals surface area contributed by atoms with E-state index < -0.39 is 0 Å². The van der Waals surface area contributed by atoms with Crippen molar-refractivity contribution < 1.29 is 12.6 Å². The van der Waals surface area contributed by atoms with Crippen LogP contribution in [0.3, 0.4) is 0 Å². The molecule has 5 heteroatoms. The number of rotatable bonds is 6. The van der Waals surface area contributed by atoms with Crippen LogP contribution in [0.5, 0.6) is 0 Å². The zero-order valence-electron chi connectivity index (χ0n) is 35.7. The van der Waals surface area contributed by atoms with E-state index in [9.17, 15) is 1.37 Å². The van der Waals surface area contributed by atoms with Crippen molar-refractivity contribution in [3.05, 3.63) is 194 Å². The molecular weight excluding hydrogens is 685 g/mol. The minimum absolute atomic E-state index is 0.0164. The lowest BCUT2D eigenvalue weighted by Crippen LogP contribution is -2.02. The van der Waals surface area contributed by atoms with E-state index in [-0.39, 0.29) is 63.8 Å². The quantitative estimate of drug-likeness (QED) is 0.171. The van der Waals surface area contributed by atoms with Crippen LogP contribution in [0, 0.1) is 0 Å². The zero-order chi connectivity index (χ0) is 42.2. The van der Waals surface area contributed by atoms with Crippen LogP contribution >= 0.6 is 0 Å². The summed E-state index contributed by atoms with van der Waals surface area (Å²) in [6.45, 7) is 0. The maximum absolute atomic E-state index is 9.54. The number of fused-ring (bicyclic) bond motifs is 6. The second-order valence-electron chi connectivity index (χ2n) is 13.5. The van der Waals surface area contributed by atoms with Crippen LogP contribution in [0.15, 0.2) is 198 Å². The molecule has 3 aromatic heterocycles. The van der Waals surface area contributed by atoms with Crippen LogP contribution in [0.25, 0.3) is 106 Å². The molecule has 262 valence electrons. The third-order valence-corrected chi connectivity index (χ3v) is 10.2. The summed E-state index contributed by atoms with van der Waals surface area (Å²) in [6.07, 6.45) is 0. The van der Waals surface area contributed by atoms with Gasteiger partial charge < -0.3 is 8.98 Å². The molecule has 0 N–H and O–H groups in total. The lowest BCUT2D eigenvalue weighted by molar-refractivity contribution is 0.670. The lowest BCUT2D eigenvalue weighted by Gasteiger charge is -2.16. The molecule has 0 amide bonds. The van der Waals surface area contributed by atoms with Crippen LogP contribution in [-0.4, -0.2) is 19.5 Å².